The van der Waals surface area contributed by atoms with Gasteiger partial charge in [-0.25, -0.2) is 9.59 Å². The summed E-state index contributed by atoms with van der Waals surface area (Å²) in [5, 5.41) is 21.7. The zero-order chi connectivity index (χ0) is 23.7. The molecule has 0 spiro atoms. The van der Waals surface area contributed by atoms with Crippen molar-refractivity contribution in [1.82, 2.24) is 10.2 Å². The molecule has 0 heterocycles. The number of hydrogen-bond acceptors (Lipinski definition) is 5. The molecular weight excluding hydrogens is 418 g/mol. The molecule has 2 aromatic rings. The van der Waals surface area contributed by atoms with Crippen LogP contribution in [0.1, 0.15) is 28.8 Å². The first kappa shape index (κ1) is 24.1. The Labute approximate surface area is 183 Å². The Morgan fingerprint density at radius 2 is 1.44 bits per heavy atom. The van der Waals surface area contributed by atoms with Crippen LogP contribution in [0.15, 0.2) is 60.7 Å². The highest BCUT2D eigenvalue weighted by Crippen LogP contribution is 2.16. The van der Waals surface area contributed by atoms with E-state index in [9.17, 15) is 34.2 Å². The third kappa shape index (κ3) is 6.66. The molecule has 0 saturated heterocycles. The molecule has 0 aliphatic heterocycles. The van der Waals surface area contributed by atoms with E-state index in [0.717, 1.165) is 0 Å². The first-order valence-electron chi connectivity index (χ1n) is 9.65. The molecule has 5 N–H and O–H groups in total. The number of nitrogens with zero attached hydrogens (tertiary/aromatic N) is 1. The van der Waals surface area contributed by atoms with E-state index >= 15 is 0 Å². The molecule has 0 radical (unpaired) electrons. The van der Waals surface area contributed by atoms with Gasteiger partial charge in [-0.1, -0.05) is 48.5 Å². The van der Waals surface area contributed by atoms with Crippen molar-refractivity contribution in [3.63, 3.8) is 0 Å². The van der Waals surface area contributed by atoms with E-state index in [1.54, 1.807) is 48.5 Å². The van der Waals surface area contributed by atoms with Gasteiger partial charge in [-0.15, -0.1) is 0 Å². The number of nitrogens with one attached hydrogen (secondary N) is 1. The number of benzene rings is 2. The zero-order valence-electron chi connectivity index (χ0n) is 17.0. The Bertz CT molecular complexity index is 980. The minimum atomic E-state index is -1.99. The number of nitrogens with two attached hydrogens (primary N) is 1. The molecule has 0 fully saturated rings. The molecule has 2 aromatic carbocycles. The quantitative estimate of drug-likeness (QED) is 0.371. The van der Waals surface area contributed by atoms with E-state index in [1.807, 2.05) is 0 Å². The Balaban J connectivity index is 2.42. The van der Waals surface area contributed by atoms with E-state index in [2.05, 4.69) is 5.32 Å². The second-order valence-corrected chi connectivity index (χ2v) is 6.90. The van der Waals surface area contributed by atoms with Gasteiger partial charge in [-0.2, -0.15) is 0 Å². The van der Waals surface area contributed by atoms with E-state index in [4.69, 9.17) is 5.73 Å². The second kappa shape index (κ2) is 11.3. The monoisotopic (exact) mass is 441 g/mol. The lowest BCUT2D eigenvalue weighted by Gasteiger charge is -2.34. The van der Waals surface area contributed by atoms with Crippen LogP contribution in [0, 0.1) is 0 Å². The van der Waals surface area contributed by atoms with Crippen LogP contribution in [0.5, 0.6) is 0 Å². The molecule has 0 aliphatic rings. The number of rotatable bonds is 11. The average molecular weight is 441 g/mol. The lowest BCUT2D eigenvalue weighted by atomic mass is 10.1. The van der Waals surface area contributed by atoms with Crippen LogP contribution in [0.4, 0.5) is 0 Å². The second-order valence-electron chi connectivity index (χ2n) is 6.90. The minimum absolute atomic E-state index is 0.123. The van der Waals surface area contributed by atoms with Crippen molar-refractivity contribution >= 4 is 29.7 Å². The van der Waals surface area contributed by atoms with Crippen LogP contribution in [0.2, 0.25) is 0 Å². The fraction of sp³-hybridized carbons (Fsp3) is 0.227. The molecule has 10 heteroatoms. The minimum Gasteiger partial charge on any atom is -0.480 e. The van der Waals surface area contributed by atoms with Crippen molar-refractivity contribution in [3.05, 3.63) is 71.8 Å². The van der Waals surface area contributed by atoms with Gasteiger partial charge < -0.3 is 21.3 Å². The smallest absolute Gasteiger partial charge is 0.347 e. The Kier molecular flexibility index (Phi) is 8.46. The van der Waals surface area contributed by atoms with Crippen LogP contribution >= 0.6 is 0 Å². The number of carboxylic acid groups (broad SMARTS) is 2. The molecule has 0 saturated carbocycles. The van der Waals surface area contributed by atoms with Crippen molar-refractivity contribution in [1.29, 1.82) is 0 Å². The van der Waals surface area contributed by atoms with Gasteiger partial charge in [-0.3, -0.25) is 19.3 Å². The zero-order valence-corrected chi connectivity index (χ0v) is 17.0. The summed E-state index contributed by atoms with van der Waals surface area (Å²) < 4.78 is 0. The van der Waals surface area contributed by atoms with Crippen molar-refractivity contribution in [3.8, 4) is 0 Å². The van der Waals surface area contributed by atoms with E-state index < -0.39 is 54.7 Å². The fourth-order valence-electron chi connectivity index (χ4n) is 3.07. The normalized spacial score (nSPS) is 12.2. The molecular formula is C22H23N3O7. The molecule has 168 valence electrons. The van der Waals surface area contributed by atoms with E-state index in [-0.39, 0.29) is 12.0 Å². The van der Waals surface area contributed by atoms with Crippen LogP contribution in [0.25, 0.3) is 0 Å². The predicted octanol–water partition coefficient (Wildman–Crippen LogP) is 0.617. The number of carboxylic acids is 2. The Morgan fingerprint density at radius 3 is 1.94 bits per heavy atom. The number of carbonyl (C=O) groups is 5. The van der Waals surface area contributed by atoms with Gasteiger partial charge in [-0.05, 0) is 24.1 Å². The first-order valence-corrected chi connectivity index (χ1v) is 9.65. The fourth-order valence-corrected chi connectivity index (χ4v) is 3.07. The summed E-state index contributed by atoms with van der Waals surface area (Å²) in [5.41, 5.74) is 5.75. The van der Waals surface area contributed by atoms with Crippen LogP contribution in [-0.4, -0.2) is 57.0 Å². The Morgan fingerprint density at radius 1 is 0.875 bits per heavy atom. The number of aliphatic carboxylic acids is 2. The largest absolute Gasteiger partial charge is 0.480 e. The van der Waals surface area contributed by atoms with Crippen LogP contribution < -0.4 is 11.1 Å². The van der Waals surface area contributed by atoms with E-state index in [1.165, 1.54) is 12.1 Å². The van der Waals surface area contributed by atoms with Crippen molar-refractivity contribution < 1.29 is 34.2 Å². The molecule has 1 unspecified atom stereocenters. The molecule has 32 heavy (non-hydrogen) atoms. The summed E-state index contributed by atoms with van der Waals surface area (Å²) in [6.07, 6.45) is -3.12. The lowest BCUT2D eigenvalue weighted by molar-refractivity contribution is -0.160. The molecule has 10 nitrogen and oxygen atoms in total. The van der Waals surface area contributed by atoms with Crippen molar-refractivity contribution in [2.45, 2.75) is 31.5 Å². The number of amides is 3. The summed E-state index contributed by atoms with van der Waals surface area (Å²) >= 11 is 0. The number of carbonyl (C=O) groups excluding carboxylic acids is 3. The summed E-state index contributed by atoms with van der Waals surface area (Å²) in [4.78, 5) is 61.4. The van der Waals surface area contributed by atoms with Crippen LogP contribution in [-0.2, 0) is 25.6 Å². The third-order valence-corrected chi connectivity index (χ3v) is 4.59. The average Bonchev–Trinajstić information content (AvgIpc) is 2.75. The van der Waals surface area contributed by atoms with Crippen molar-refractivity contribution in [2.75, 3.05) is 0 Å². The van der Waals surface area contributed by atoms with Gasteiger partial charge in [0.15, 0.2) is 0 Å². The number of primary amides is 1. The van der Waals surface area contributed by atoms with Gasteiger partial charge in [0.1, 0.15) is 6.04 Å². The molecule has 2 rings (SSSR count). The topological polar surface area (TPSA) is 167 Å². The standard InChI is InChI=1S/C22H23N3O7/c23-17(26)12-11-16(21(29)30)25(18(27)13-14-7-3-1-4-8-14)19(22(31)32)24-20(28)15-9-5-2-6-10-15/h1-10,16,19H,11-13H2,(H2,23,26)(H,24,28)(H,29,30)(H,31,32)/t16-,19?/m0/s1. The van der Waals surface area contributed by atoms with E-state index in [0.29, 0.717) is 10.5 Å². The Hall–Kier alpha value is -4.21. The maximum Gasteiger partial charge on any atom is 0.347 e. The maximum absolute atomic E-state index is 13.1. The maximum atomic E-state index is 13.1. The summed E-state index contributed by atoms with van der Waals surface area (Å²) in [7, 11) is 0. The predicted molar refractivity (Wildman–Crippen MR) is 112 cm³/mol. The molecule has 2 atom stereocenters. The summed E-state index contributed by atoms with van der Waals surface area (Å²) in [6.45, 7) is 0. The summed E-state index contributed by atoms with van der Waals surface area (Å²) in [6, 6.07) is 14.2. The number of hydrogen-bond donors (Lipinski definition) is 4. The van der Waals surface area contributed by atoms with Crippen LogP contribution in [0.3, 0.4) is 0 Å². The highest BCUT2D eigenvalue weighted by Gasteiger charge is 2.39. The van der Waals surface area contributed by atoms with Gasteiger partial charge in [0, 0.05) is 12.0 Å². The van der Waals surface area contributed by atoms with Crippen molar-refractivity contribution in [2.24, 2.45) is 5.73 Å². The third-order valence-electron chi connectivity index (χ3n) is 4.59. The van der Waals surface area contributed by atoms with Gasteiger partial charge in [0.25, 0.3) is 5.91 Å². The highest BCUT2D eigenvalue weighted by atomic mass is 16.4. The molecule has 0 aromatic heterocycles. The molecule has 0 bridgehead atoms. The first-order chi connectivity index (χ1) is 15.2. The molecule has 0 aliphatic carbocycles. The van der Waals surface area contributed by atoms with Gasteiger partial charge in [0.05, 0.1) is 6.42 Å². The highest BCUT2D eigenvalue weighted by molar-refractivity contribution is 5.98. The van der Waals surface area contributed by atoms with Gasteiger partial charge in [0.2, 0.25) is 18.0 Å². The molecule has 3 amide bonds. The lowest BCUT2D eigenvalue weighted by Crippen LogP contribution is -2.61. The summed E-state index contributed by atoms with van der Waals surface area (Å²) in [5.74, 6) is -5.65. The van der Waals surface area contributed by atoms with Gasteiger partial charge >= 0.3 is 11.9 Å². The SMILES string of the molecule is NC(=O)CC[C@@H](C(=O)O)N(C(=O)Cc1ccccc1)C(NC(=O)c1ccccc1)C(=O)O.